The summed E-state index contributed by atoms with van der Waals surface area (Å²) in [5.74, 6) is -1.01. The van der Waals surface area contributed by atoms with Crippen LogP contribution in [0.15, 0.2) is 54.7 Å². The molecule has 1 fully saturated rings. The van der Waals surface area contributed by atoms with Gasteiger partial charge in [0, 0.05) is 23.5 Å². The number of hydrogen-bond acceptors (Lipinski definition) is 4. The van der Waals surface area contributed by atoms with Gasteiger partial charge in [-0.2, -0.15) is 5.26 Å². The van der Waals surface area contributed by atoms with E-state index in [4.69, 9.17) is 5.26 Å². The van der Waals surface area contributed by atoms with Crippen LogP contribution >= 0.6 is 0 Å². The number of para-hydroxylation sites is 2. The van der Waals surface area contributed by atoms with E-state index in [1.54, 1.807) is 24.3 Å². The second-order valence-electron chi connectivity index (χ2n) is 6.70. The molecule has 3 N–H and O–H groups in total. The molecule has 1 aliphatic rings. The number of fused-ring (bicyclic) bond motifs is 1. The van der Waals surface area contributed by atoms with Crippen LogP contribution < -0.4 is 10.6 Å². The Morgan fingerprint density at radius 2 is 1.90 bits per heavy atom. The maximum absolute atomic E-state index is 12.7. The quantitative estimate of drug-likeness (QED) is 0.581. The van der Waals surface area contributed by atoms with Gasteiger partial charge < -0.3 is 15.6 Å². The first-order chi connectivity index (χ1) is 14.1. The van der Waals surface area contributed by atoms with Crippen LogP contribution in [0.4, 0.5) is 10.5 Å². The third-order valence-corrected chi connectivity index (χ3v) is 4.83. The molecule has 0 radical (unpaired) electrons. The van der Waals surface area contributed by atoms with E-state index in [-0.39, 0.29) is 0 Å². The SMILES string of the molecule is N#Cc1ccccc1NC(=O)CN1C(=O)N[C@@H](Cc2c[nH]c3ccccc23)C1=O. The molecule has 0 saturated carbocycles. The Hall–Kier alpha value is -4.12. The number of nitrogens with zero attached hydrogens (tertiary/aromatic N) is 2. The van der Waals surface area contributed by atoms with Crippen LogP contribution in [0.2, 0.25) is 0 Å². The Morgan fingerprint density at radius 3 is 2.72 bits per heavy atom. The highest BCUT2D eigenvalue weighted by Gasteiger charge is 2.39. The van der Waals surface area contributed by atoms with Gasteiger partial charge in [0.15, 0.2) is 0 Å². The van der Waals surface area contributed by atoms with Crippen molar-refractivity contribution in [1.82, 2.24) is 15.2 Å². The molecule has 0 aliphatic carbocycles. The Kier molecular flexibility index (Phi) is 4.71. The lowest BCUT2D eigenvalue weighted by Crippen LogP contribution is -2.38. The lowest BCUT2D eigenvalue weighted by molar-refractivity contribution is -0.130. The fourth-order valence-electron chi connectivity index (χ4n) is 3.41. The number of urea groups is 1. The van der Waals surface area contributed by atoms with Gasteiger partial charge in [0.05, 0.1) is 11.3 Å². The van der Waals surface area contributed by atoms with Crippen molar-refractivity contribution in [3.8, 4) is 6.07 Å². The third-order valence-electron chi connectivity index (χ3n) is 4.83. The van der Waals surface area contributed by atoms with Gasteiger partial charge in [0.1, 0.15) is 18.7 Å². The molecule has 2 heterocycles. The van der Waals surface area contributed by atoms with Crippen LogP contribution in [0.5, 0.6) is 0 Å². The van der Waals surface area contributed by atoms with Crippen LogP contribution in [-0.2, 0) is 16.0 Å². The highest BCUT2D eigenvalue weighted by Crippen LogP contribution is 2.21. The molecule has 8 nitrogen and oxygen atoms in total. The van der Waals surface area contributed by atoms with Gasteiger partial charge in [-0.3, -0.25) is 14.5 Å². The summed E-state index contributed by atoms with van der Waals surface area (Å²) in [5, 5.41) is 15.3. The van der Waals surface area contributed by atoms with E-state index < -0.39 is 30.4 Å². The Bertz CT molecular complexity index is 1160. The molecule has 2 aromatic carbocycles. The molecule has 1 saturated heterocycles. The predicted molar refractivity (Wildman–Crippen MR) is 106 cm³/mol. The van der Waals surface area contributed by atoms with Crippen molar-refractivity contribution in [3.05, 3.63) is 65.9 Å². The van der Waals surface area contributed by atoms with Crippen LogP contribution in [0, 0.1) is 11.3 Å². The molecule has 0 unspecified atom stereocenters. The monoisotopic (exact) mass is 387 g/mol. The number of carbonyl (C=O) groups is 3. The molecule has 0 bridgehead atoms. The first-order valence-electron chi connectivity index (χ1n) is 9.02. The van der Waals surface area contributed by atoms with Crippen LogP contribution in [0.25, 0.3) is 10.9 Å². The number of carbonyl (C=O) groups excluding carboxylic acids is 3. The number of rotatable bonds is 5. The van der Waals surface area contributed by atoms with E-state index in [0.29, 0.717) is 17.7 Å². The number of imide groups is 1. The van der Waals surface area contributed by atoms with Gasteiger partial charge in [-0.15, -0.1) is 0 Å². The summed E-state index contributed by atoms with van der Waals surface area (Å²) in [6.07, 6.45) is 2.14. The van der Waals surface area contributed by atoms with Crippen molar-refractivity contribution in [2.45, 2.75) is 12.5 Å². The summed E-state index contributed by atoms with van der Waals surface area (Å²) in [5.41, 5.74) is 2.50. The summed E-state index contributed by atoms with van der Waals surface area (Å²) in [6.45, 7) is -0.422. The van der Waals surface area contributed by atoms with Gasteiger partial charge in [0.2, 0.25) is 5.91 Å². The zero-order valence-electron chi connectivity index (χ0n) is 15.3. The molecule has 4 amide bonds. The molecule has 1 aromatic heterocycles. The fourth-order valence-corrected chi connectivity index (χ4v) is 3.41. The van der Waals surface area contributed by atoms with E-state index in [1.165, 1.54) is 0 Å². The average molecular weight is 387 g/mol. The maximum atomic E-state index is 12.7. The number of amides is 4. The first-order valence-corrected chi connectivity index (χ1v) is 9.02. The summed E-state index contributed by atoms with van der Waals surface area (Å²) in [7, 11) is 0. The second kappa shape index (κ2) is 7.48. The summed E-state index contributed by atoms with van der Waals surface area (Å²) >= 11 is 0. The number of anilines is 1. The van der Waals surface area contributed by atoms with E-state index in [1.807, 2.05) is 36.5 Å². The lowest BCUT2D eigenvalue weighted by atomic mass is 10.1. The molecule has 4 rings (SSSR count). The standard InChI is InChI=1S/C21H17N5O3/c22-10-13-5-1-3-7-16(13)24-19(27)12-26-20(28)18(25-21(26)29)9-14-11-23-17-8-4-2-6-15(14)17/h1-8,11,18,23H,9,12H2,(H,24,27)(H,25,29)/t18-/m0/s1. The molecule has 1 atom stereocenters. The fraction of sp³-hybridized carbons (Fsp3) is 0.143. The maximum Gasteiger partial charge on any atom is 0.325 e. The summed E-state index contributed by atoms with van der Waals surface area (Å²) < 4.78 is 0. The van der Waals surface area contributed by atoms with E-state index in [9.17, 15) is 14.4 Å². The number of H-pyrrole nitrogens is 1. The average Bonchev–Trinajstić information content (AvgIpc) is 3.25. The van der Waals surface area contributed by atoms with Crippen molar-refractivity contribution < 1.29 is 14.4 Å². The number of aromatic amines is 1. The largest absolute Gasteiger partial charge is 0.361 e. The molecule has 29 heavy (non-hydrogen) atoms. The van der Waals surface area contributed by atoms with Crippen molar-refractivity contribution in [3.63, 3.8) is 0 Å². The van der Waals surface area contributed by atoms with Gasteiger partial charge in [0.25, 0.3) is 5.91 Å². The zero-order valence-corrected chi connectivity index (χ0v) is 15.3. The number of nitriles is 1. The van der Waals surface area contributed by atoms with Gasteiger partial charge in [-0.05, 0) is 23.8 Å². The van der Waals surface area contributed by atoms with E-state index in [0.717, 1.165) is 21.4 Å². The Morgan fingerprint density at radius 1 is 1.14 bits per heavy atom. The molecule has 1 aliphatic heterocycles. The number of hydrogen-bond donors (Lipinski definition) is 3. The topological polar surface area (TPSA) is 118 Å². The molecular weight excluding hydrogens is 370 g/mol. The minimum atomic E-state index is -0.735. The Labute approximate surface area is 166 Å². The van der Waals surface area contributed by atoms with Gasteiger partial charge in [-0.1, -0.05) is 30.3 Å². The number of nitrogens with one attached hydrogen (secondary N) is 3. The molecule has 8 heteroatoms. The van der Waals surface area contributed by atoms with Crippen LogP contribution in [0.1, 0.15) is 11.1 Å². The van der Waals surface area contributed by atoms with Crippen molar-refractivity contribution in [2.75, 3.05) is 11.9 Å². The second-order valence-corrected chi connectivity index (χ2v) is 6.70. The molecular formula is C21H17N5O3. The highest BCUT2D eigenvalue weighted by molar-refractivity contribution is 6.08. The van der Waals surface area contributed by atoms with Crippen molar-refractivity contribution in [2.24, 2.45) is 0 Å². The van der Waals surface area contributed by atoms with Crippen molar-refractivity contribution in [1.29, 1.82) is 5.26 Å². The minimum Gasteiger partial charge on any atom is -0.361 e. The molecule has 144 valence electrons. The summed E-state index contributed by atoms with van der Waals surface area (Å²) in [4.78, 5) is 41.3. The van der Waals surface area contributed by atoms with Gasteiger partial charge >= 0.3 is 6.03 Å². The van der Waals surface area contributed by atoms with Gasteiger partial charge in [-0.25, -0.2) is 4.79 Å². The van der Waals surface area contributed by atoms with Crippen LogP contribution in [0.3, 0.4) is 0 Å². The normalized spacial score (nSPS) is 16.0. The minimum absolute atomic E-state index is 0.301. The van der Waals surface area contributed by atoms with E-state index in [2.05, 4.69) is 15.6 Å². The number of aromatic nitrogens is 1. The Balaban J connectivity index is 1.44. The molecule has 3 aromatic rings. The molecule has 0 spiro atoms. The first kappa shape index (κ1) is 18.3. The zero-order chi connectivity index (χ0) is 20.4. The van der Waals surface area contributed by atoms with Crippen molar-refractivity contribution >= 4 is 34.4 Å². The lowest BCUT2D eigenvalue weighted by Gasteiger charge is -2.13. The highest BCUT2D eigenvalue weighted by atomic mass is 16.2. The summed E-state index contributed by atoms with van der Waals surface area (Å²) in [6, 6.07) is 14.9. The van der Waals surface area contributed by atoms with E-state index >= 15 is 0 Å². The smallest absolute Gasteiger partial charge is 0.325 e. The van der Waals surface area contributed by atoms with Crippen LogP contribution in [-0.4, -0.2) is 40.3 Å². The number of benzene rings is 2. The predicted octanol–water partition coefficient (Wildman–Crippen LogP) is 2.14. The third kappa shape index (κ3) is 3.53.